The normalized spacial score (nSPS) is 10.3. The number of aldehydes is 1. The van der Waals surface area contributed by atoms with Gasteiger partial charge in [0.1, 0.15) is 11.6 Å². The number of halogens is 2. The van der Waals surface area contributed by atoms with Crippen LogP contribution in [-0.2, 0) is 0 Å². The molecule has 5 heteroatoms. The third-order valence-electron chi connectivity index (χ3n) is 1.78. The molecule has 1 aromatic carbocycles. The molecule has 1 heterocycles. The SMILES string of the molecule is O=Cc1nc(-c2cc(F)cc(F)c2)cs1. The lowest BCUT2D eigenvalue weighted by Crippen LogP contribution is -1.85. The average molecular weight is 225 g/mol. The van der Waals surface area contributed by atoms with Gasteiger partial charge in [-0.1, -0.05) is 0 Å². The summed E-state index contributed by atoms with van der Waals surface area (Å²) in [4.78, 5) is 14.3. The van der Waals surface area contributed by atoms with E-state index >= 15 is 0 Å². The second-order valence-corrected chi connectivity index (χ2v) is 3.74. The van der Waals surface area contributed by atoms with Crippen LogP contribution in [0, 0.1) is 11.6 Å². The number of nitrogens with zero attached hydrogens (tertiary/aromatic N) is 1. The van der Waals surface area contributed by atoms with Gasteiger partial charge in [0.2, 0.25) is 0 Å². The fourth-order valence-electron chi connectivity index (χ4n) is 1.18. The largest absolute Gasteiger partial charge is 0.295 e. The topological polar surface area (TPSA) is 30.0 Å². The molecule has 0 aliphatic rings. The standard InChI is InChI=1S/C10H5F2NOS/c11-7-1-6(2-8(12)3-7)9-5-15-10(4-14)13-9/h1-5H. The van der Waals surface area contributed by atoms with E-state index in [1.165, 1.54) is 12.1 Å². The molecule has 2 nitrogen and oxygen atoms in total. The van der Waals surface area contributed by atoms with Crippen molar-refractivity contribution in [3.05, 3.63) is 40.2 Å². The molecule has 0 radical (unpaired) electrons. The predicted octanol–water partition coefficient (Wildman–Crippen LogP) is 2.90. The van der Waals surface area contributed by atoms with Crippen LogP contribution in [0.5, 0.6) is 0 Å². The van der Waals surface area contributed by atoms with E-state index in [1.807, 2.05) is 0 Å². The summed E-state index contributed by atoms with van der Waals surface area (Å²) in [6, 6.07) is 3.13. The zero-order chi connectivity index (χ0) is 10.8. The Hall–Kier alpha value is -1.62. The lowest BCUT2D eigenvalue weighted by atomic mass is 10.1. The Morgan fingerprint density at radius 3 is 2.40 bits per heavy atom. The second-order valence-electron chi connectivity index (χ2n) is 2.85. The van der Waals surface area contributed by atoms with E-state index in [0.717, 1.165) is 17.4 Å². The first-order chi connectivity index (χ1) is 7.19. The predicted molar refractivity (Wildman–Crippen MR) is 52.9 cm³/mol. The summed E-state index contributed by atoms with van der Waals surface area (Å²) in [5.41, 5.74) is 0.734. The highest BCUT2D eigenvalue weighted by Gasteiger charge is 2.06. The fraction of sp³-hybridized carbons (Fsp3) is 0. The molecule has 2 aromatic rings. The van der Waals surface area contributed by atoms with Crippen molar-refractivity contribution < 1.29 is 13.6 Å². The molecular formula is C10H5F2NOS. The highest BCUT2D eigenvalue weighted by atomic mass is 32.1. The van der Waals surface area contributed by atoms with Crippen molar-refractivity contribution in [1.82, 2.24) is 4.98 Å². The van der Waals surface area contributed by atoms with Gasteiger partial charge in [0, 0.05) is 17.0 Å². The molecule has 1 aromatic heterocycles. The number of hydrogen-bond acceptors (Lipinski definition) is 3. The minimum absolute atomic E-state index is 0.287. The van der Waals surface area contributed by atoms with Crippen molar-refractivity contribution in [2.75, 3.05) is 0 Å². The lowest BCUT2D eigenvalue weighted by molar-refractivity contribution is 0.112. The third kappa shape index (κ3) is 2.07. The number of hydrogen-bond donors (Lipinski definition) is 0. The molecule has 0 unspecified atom stereocenters. The Bertz CT molecular complexity index is 490. The van der Waals surface area contributed by atoms with Crippen molar-refractivity contribution in [3.8, 4) is 11.3 Å². The van der Waals surface area contributed by atoms with Gasteiger partial charge in [0.25, 0.3) is 0 Å². The summed E-state index contributed by atoms with van der Waals surface area (Å²) in [6.45, 7) is 0. The van der Waals surface area contributed by atoms with Crippen LogP contribution in [0.1, 0.15) is 9.80 Å². The van der Waals surface area contributed by atoms with Crippen molar-refractivity contribution in [1.29, 1.82) is 0 Å². The van der Waals surface area contributed by atoms with Gasteiger partial charge in [-0.25, -0.2) is 13.8 Å². The van der Waals surface area contributed by atoms with Gasteiger partial charge in [-0.2, -0.15) is 0 Å². The van der Waals surface area contributed by atoms with Gasteiger partial charge in [0.15, 0.2) is 11.3 Å². The van der Waals surface area contributed by atoms with Crippen molar-refractivity contribution in [3.63, 3.8) is 0 Å². The quantitative estimate of drug-likeness (QED) is 0.735. The smallest absolute Gasteiger partial charge is 0.178 e. The molecule has 0 aliphatic carbocycles. The third-order valence-corrected chi connectivity index (χ3v) is 2.55. The summed E-state index contributed by atoms with van der Waals surface area (Å²) < 4.78 is 25.7. The molecule has 76 valence electrons. The van der Waals surface area contributed by atoms with Gasteiger partial charge in [-0.3, -0.25) is 4.79 Å². The Morgan fingerprint density at radius 1 is 1.20 bits per heavy atom. The summed E-state index contributed by atoms with van der Waals surface area (Å²) in [7, 11) is 0. The Balaban J connectivity index is 2.48. The number of rotatable bonds is 2. The molecule has 0 amide bonds. The van der Waals surface area contributed by atoms with E-state index in [-0.39, 0.29) is 5.01 Å². The van der Waals surface area contributed by atoms with Gasteiger partial charge < -0.3 is 0 Å². The average Bonchev–Trinajstić information content (AvgIpc) is 2.64. The summed E-state index contributed by atoms with van der Waals surface area (Å²) in [5.74, 6) is -1.32. The maximum atomic E-state index is 12.9. The lowest BCUT2D eigenvalue weighted by Gasteiger charge is -1.97. The highest BCUT2D eigenvalue weighted by molar-refractivity contribution is 7.11. The highest BCUT2D eigenvalue weighted by Crippen LogP contribution is 2.22. The van der Waals surface area contributed by atoms with Crippen LogP contribution in [0.2, 0.25) is 0 Å². The Labute approximate surface area is 88.2 Å². The molecule has 2 rings (SSSR count). The molecule has 0 aliphatic heterocycles. The molecule has 0 spiro atoms. The Kier molecular flexibility index (Phi) is 2.55. The van der Waals surface area contributed by atoms with Gasteiger partial charge >= 0.3 is 0 Å². The molecule has 15 heavy (non-hydrogen) atoms. The van der Waals surface area contributed by atoms with Crippen molar-refractivity contribution in [2.24, 2.45) is 0 Å². The summed E-state index contributed by atoms with van der Waals surface area (Å²) in [6.07, 6.45) is 0.601. The summed E-state index contributed by atoms with van der Waals surface area (Å²) >= 11 is 1.13. The van der Waals surface area contributed by atoms with E-state index < -0.39 is 11.6 Å². The molecule has 0 N–H and O–H groups in total. The zero-order valence-corrected chi connectivity index (χ0v) is 8.22. The first-order valence-electron chi connectivity index (χ1n) is 4.06. The van der Waals surface area contributed by atoms with Gasteiger partial charge in [-0.15, -0.1) is 11.3 Å². The number of thiazole rings is 1. The molecular weight excluding hydrogens is 220 g/mol. The number of carbonyl (C=O) groups excluding carboxylic acids is 1. The van der Waals surface area contributed by atoms with E-state index in [9.17, 15) is 13.6 Å². The van der Waals surface area contributed by atoms with Crippen molar-refractivity contribution >= 4 is 17.6 Å². The van der Waals surface area contributed by atoms with E-state index in [2.05, 4.69) is 4.98 Å². The van der Waals surface area contributed by atoms with E-state index in [0.29, 0.717) is 17.5 Å². The monoisotopic (exact) mass is 225 g/mol. The van der Waals surface area contributed by atoms with Crippen LogP contribution in [-0.4, -0.2) is 11.3 Å². The summed E-state index contributed by atoms with van der Waals surface area (Å²) in [5, 5.41) is 1.87. The maximum absolute atomic E-state index is 12.9. The minimum Gasteiger partial charge on any atom is -0.295 e. The van der Waals surface area contributed by atoms with E-state index in [1.54, 1.807) is 5.38 Å². The van der Waals surface area contributed by atoms with Crippen LogP contribution >= 0.6 is 11.3 Å². The minimum atomic E-state index is -0.661. The molecule has 0 saturated heterocycles. The van der Waals surface area contributed by atoms with Crippen LogP contribution < -0.4 is 0 Å². The number of aromatic nitrogens is 1. The first-order valence-corrected chi connectivity index (χ1v) is 4.94. The number of benzene rings is 1. The van der Waals surface area contributed by atoms with Gasteiger partial charge in [0.05, 0.1) is 5.69 Å². The van der Waals surface area contributed by atoms with Gasteiger partial charge in [-0.05, 0) is 12.1 Å². The second kappa shape index (κ2) is 3.86. The maximum Gasteiger partial charge on any atom is 0.178 e. The Morgan fingerprint density at radius 2 is 1.87 bits per heavy atom. The first kappa shape index (κ1) is 9.92. The van der Waals surface area contributed by atoms with Crippen LogP contribution in [0.3, 0.4) is 0 Å². The van der Waals surface area contributed by atoms with Crippen LogP contribution in [0.15, 0.2) is 23.6 Å². The molecule has 0 bridgehead atoms. The zero-order valence-electron chi connectivity index (χ0n) is 7.41. The molecule has 0 atom stereocenters. The fourth-order valence-corrected chi connectivity index (χ4v) is 1.80. The molecule has 0 fully saturated rings. The van der Waals surface area contributed by atoms with Crippen LogP contribution in [0.25, 0.3) is 11.3 Å². The number of carbonyl (C=O) groups is 1. The van der Waals surface area contributed by atoms with Crippen LogP contribution in [0.4, 0.5) is 8.78 Å². The molecule has 0 saturated carbocycles. The van der Waals surface area contributed by atoms with E-state index in [4.69, 9.17) is 0 Å². The van der Waals surface area contributed by atoms with Crippen molar-refractivity contribution in [2.45, 2.75) is 0 Å².